The number of carbonyl (C=O) groups is 2. The van der Waals surface area contributed by atoms with Crippen LogP contribution >= 0.6 is 11.3 Å². The molecule has 0 saturated carbocycles. The summed E-state index contributed by atoms with van der Waals surface area (Å²) in [7, 11) is 0. The quantitative estimate of drug-likeness (QED) is 0.469. The molecule has 3 aromatic rings. The van der Waals surface area contributed by atoms with Gasteiger partial charge in [-0.25, -0.2) is 24.1 Å². The lowest BCUT2D eigenvalue weighted by molar-refractivity contribution is -0.138. The maximum absolute atomic E-state index is 14.0. The normalized spacial score (nSPS) is 18.3. The van der Waals surface area contributed by atoms with Crippen LogP contribution in [-0.4, -0.2) is 59.7 Å². The van der Waals surface area contributed by atoms with Gasteiger partial charge in [0.05, 0.1) is 23.7 Å². The topological polar surface area (TPSA) is 130 Å². The number of fused-ring (bicyclic) bond motifs is 1. The number of piperidine rings is 1. The number of anilines is 1. The van der Waals surface area contributed by atoms with Crippen molar-refractivity contribution in [1.29, 1.82) is 0 Å². The van der Waals surface area contributed by atoms with Gasteiger partial charge in [-0.2, -0.15) is 0 Å². The molecule has 12 heteroatoms. The molecule has 4 rings (SSSR count). The molecule has 1 amide bonds. The third-order valence-corrected chi connectivity index (χ3v) is 6.77. The maximum Gasteiger partial charge on any atom is 0.410 e. The minimum atomic E-state index is -0.954. The zero-order chi connectivity index (χ0) is 25.9. The van der Waals surface area contributed by atoms with E-state index in [1.807, 2.05) is 0 Å². The lowest BCUT2D eigenvalue weighted by Gasteiger charge is -2.41. The van der Waals surface area contributed by atoms with Crippen molar-refractivity contribution in [3.05, 3.63) is 41.2 Å². The van der Waals surface area contributed by atoms with Gasteiger partial charge in [-0.15, -0.1) is 0 Å². The Balaban J connectivity index is 1.56. The molecular weight excluding hydrogens is 487 g/mol. The summed E-state index contributed by atoms with van der Waals surface area (Å²) in [6.07, 6.45) is 4.83. The van der Waals surface area contributed by atoms with E-state index in [0.717, 1.165) is 11.4 Å². The Kier molecular flexibility index (Phi) is 7.62. The summed E-state index contributed by atoms with van der Waals surface area (Å²) in [5.41, 5.74) is 0.112. The van der Waals surface area contributed by atoms with E-state index in [0.29, 0.717) is 35.4 Å². The van der Waals surface area contributed by atoms with E-state index in [4.69, 9.17) is 9.72 Å². The van der Waals surface area contributed by atoms with E-state index in [1.165, 1.54) is 36.0 Å². The Morgan fingerprint density at radius 3 is 2.75 bits per heavy atom. The molecule has 0 aromatic carbocycles. The number of carboxylic acid groups (broad SMARTS) is 1. The molecule has 2 unspecified atom stereocenters. The van der Waals surface area contributed by atoms with Crippen molar-refractivity contribution in [3.63, 3.8) is 0 Å². The van der Waals surface area contributed by atoms with Crippen molar-refractivity contribution in [1.82, 2.24) is 24.8 Å². The lowest BCUT2D eigenvalue weighted by atomic mass is 9.92. The van der Waals surface area contributed by atoms with E-state index in [-0.39, 0.29) is 24.7 Å². The van der Waals surface area contributed by atoms with Gasteiger partial charge in [0.1, 0.15) is 28.1 Å². The summed E-state index contributed by atoms with van der Waals surface area (Å²) < 4.78 is 19.6. The van der Waals surface area contributed by atoms with Gasteiger partial charge in [0, 0.05) is 24.7 Å². The fourth-order valence-electron chi connectivity index (χ4n) is 4.31. The molecule has 10 nitrogen and oxygen atoms in total. The highest BCUT2D eigenvalue weighted by Gasteiger charge is 2.38. The van der Waals surface area contributed by atoms with Crippen LogP contribution in [0.25, 0.3) is 10.3 Å². The zero-order valence-electron chi connectivity index (χ0n) is 20.4. The Bertz CT molecular complexity index is 1250. The van der Waals surface area contributed by atoms with E-state index in [9.17, 15) is 19.1 Å². The second-order valence-electron chi connectivity index (χ2n) is 9.70. The number of hydrogen-bond acceptors (Lipinski definition) is 9. The minimum Gasteiger partial charge on any atom is -0.481 e. The molecule has 2 N–H and O–H groups in total. The molecule has 1 fully saturated rings. The van der Waals surface area contributed by atoms with Gasteiger partial charge in [-0.05, 0) is 52.2 Å². The number of carbonyl (C=O) groups excluding carboxylic acids is 1. The molecule has 3 aromatic heterocycles. The number of aromatic nitrogens is 4. The third-order valence-electron chi connectivity index (χ3n) is 5.78. The summed E-state index contributed by atoms with van der Waals surface area (Å²) in [5.74, 6) is -0.904. The summed E-state index contributed by atoms with van der Waals surface area (Å²) in [5, 5.41) is 13.2. The van der Waals surface area contributed by atoms with E-state index in [2.05, 4.69) is 20.3 Å². The number of amides is 1. The Hall–Kier alpha value is -3.41. The average Bonchev–Trinajstić information content (AvgIpc) is 3.20. The number of rotatable bonds is 7. The van der Waals surface area contributed by atoms with Crippen LogP contribution in [0.5, 0.6) is 0 Å². The predicted molar refractivity (Wildman–Crippen MR) is 132 cm³/mol. The van der Waals surface area contributed by atoms with Crippen LogP contribution in [0.3, 0.4) is 0 Å². The van der Waals surface area contributed by atoms with Crippen molar-refractivity contribution < 1.29 is 23.8 Å². The van der Waals surface area contributed by atoms with Crippen molar-refractivity contribution in [2.75, 3.05) is 5.32 Å². The molecule has 0 aliphatic carbocycles. The molecule has 1 aliphatic heterocycles. The fraction of sp³-hybridized carbons (Fsp3) is 0.500. The Labute approximate surface area is 211 Å². The average molecular weight is 517 g/mol. The van der Waals surface area contributed by atoms with Crippen LogP contribution in [0.2, 0.25) is 0 Å². The van der Waals surface area contributed by atoms with Crippen LogP contribution in [0, 0.1) is 5.82 Å². The molecule has 1 aliphatic rings. The summed E-state index contributed by atoms with van der Waals surface area (Å²) in [6.45, 7) is 5.49. The van der Waals surface area contributed by atoms with Gasteiger partial charge in [-0.1, -0.05) is 11.3 Å². The molecular formula is C24H29FN6O4S. The zero-order valence-corrected chi connectivity index (χ0v) is 21.2. The highest BCUT2D eigenvalue weighted by molar-refractivity contribution is 7.18. The van der Waals surface area contributed by atoms with Gasteiger partial charge < -0.3 is 20.1 Å². The number of hydrogen-bond donors (Lipinski definition) is 2. The number of ether oxygens (including phenoxy) is 1. The Morgan fingerprint density at radius 2 is 2.03 bits per heavy atom. The largest absolute Gasteiger partial charge is 0.481 e. The maximum atomic E-state index is 14.0. The number of pyridine rings is 1. The van der Waals surface area contributed by atoms with Gasteiger partial charge in [-0.3, -0.25) is 9.78 Å². The molecule has 192 valence electrons. The smallest absolute Gasteiger partial charge is 0.410 e. The van der Waals surface area contributed by atoms with Crippen molar-refractivity contribution >= 4 is 39.6 Å². The minimum absolute atomic E-state index is 0.136. The third kappa shape index (κ3) is 6.23. The summed E-state index contributed by atoms with van der Waals surface area (Å²) >= 11 is 1.38. The first-order valence-electron chi connectivity index (χ1n) is 11.8. The number of nitrogens with zero attached hydrogens (tertiary/aromatic N) is 5. The standard InChI is InChI=1S/C24H29FN6O4S/c1-24(2,3)35-23(34)31-14(6-4-7-15(31)11-19(32)33)10-18-30-20-21(28-13-29-22(20)36-18)27-12-17-16(25)8-5-9-26-17/h5,8-9,13-15H,4,6-7,10-12H2,1-3H3,(H,32,33)(H,27,28,29). The number of carboxylic acids is 1. The highest BCUT2D eigenvalue weighted by Crippen LogP contribution is 2.32. The molecule has 0 bridgehead atoms. The molecule has 4 heterocycles. The summed E-state index contributed by atoms with van der Waals surface area (Å²) in [6, 6.07) is 2.17. The van der Waals surface area contributed by atoms with Crippen molar-refractivity contribution in [2.45, 2.75) is 77.1 Å². The first-order chi connectivity index (χ1) is 17.1. The van der Waals surface area contributed by atoms with Crippen LogP contribution in [0.15, 0.2) is 24.7 Å². The fourth-order valence-corrected chi connectivity index (χ4v) is 5.29. The van der Waals surface area contributed by atoms with Crippen LogP contribution in [-0.2, 0) is 22.5 Å². The van der Waals surface area contributed by atoms with Gasteiger partial charge >= 0.3 is 12.1 Å². The summed E-state index contributed by atoms with van der Waals surface area (Å²) in [4.78, 5) is 44.2. The second kappa shape index (κ2) is 10.7. The van der Waals surface area contributed by atoms with E-state index < -0.39 is 29.5 Å². The number of nitrogens with one attached hydrogen (secondary N) is 1. The number of halogens is 1. The van der Waals surface area contributed by atoms with Gasteiger partial charge in [0.2, 0.25) is 0 Å². The van der Waals surface area contributed by atoms with E-state index >= 15 is 0 Å². The van der Waals surface area contributed by atoms with Gasteiger partial charge in [0.15, 0.2) is 5.82 Å². The molecule has 0 radical (unpaired) electrons. The highest BCUT2D eigenvalue weighted by atomic mass is 32.1. The predicted octanol–water partition coefficient (Wildman–Crippen LogP) is 4.41. The van der Waals surface area contributed by atoms with Gasteiger partial charge in [0.25, 0.3) is 0 Å². The second-order valence-corrected chi connectivity index (χ2v) is 10.8. The first kappa shape index (κ1) is 25.7. The van der Waals surface area contributed by atoms with Crippen LogP contribution in [0.1, 0.15) is 57.2 Å². The Morgan fingerprint density at radius 1 is 1.25 bits per heavy atom. The number of likely N-dealkylation sites (tertiary alicyclic amines) is 1. The van der Waals surface area contributed by atoms with E-state index in [1.54, 1.807) is 25.7 Å². The molecule has 0 spiro atoms. The SMILES string of the molecule is CC(C)(C)OC(=O)N1C(CC(=O)O)CCCC1Cc1nc2c(NCc3ncccc3F)ncnc2s1. The number of aliphatic carboxylic acids is 1. The van der Waals surface area contributed by atoms with Crippen molar-refractivity contribution in [3.8, 4) is 0 Å². The van der Waals surface area contributed by atoms with Crippen molar-refractivity contribution in [2.24, 2.45) is 0 Å². The molecule has 1 saturated heterocycles. The molecule has 36 heavy (non-hydrogen) atoms. The molecule has 2 atom stereocenters. The van der Waals surface area contributed by atoms with Crippen LogP contribution < -0.4 is 5.32 Å². The lowest BCUT2D eigenvalue weighted by Crippen LogP contribution is -2.53. The first-order valence-corrected chi connectivity index (χ1v) is 12.6. The van der Waals surface area contributed by atoms with Crippen LogP contribution in [0.4, 0.5) is 15.0 Å². The number of thiazole rings is 1. The monoisotopic (exact) mass is 516 g/mol.